The largest absolute Gasteiger partial charge is 0.465 e. The average Bonchev–Trinajstić information content (AvgIpc) is 2.59. The predicted octanol–water partition coefficient (Wildman–Crippen LogP) is 0.569. The molecule has 1 fully saturated rings. The standard InChI is InChI=1S/C17H24N4O4/c1-12-11-21(14-5-3-13(4-6-14)16(23)25-2)10-9-20(12)8-7-15(22)19-17(18)24/h3-6,12H,7-11H2,1-2H3,(H3,18,19,22,24)/t12-/m1/s1. The Bertz CT molecular complexity index is 632. The van der Waals surface area contributed by atoms with Crippen LogP contribution in [-0.2, 0) is 9.53 Å². The highest BCUT2D eigenvalue weighted by Crippen LogP contribution is 2.20. The van der Waals surface area contributed by atoms with Crippen LogP contribution in [0.2, 0.25) is 0 Å². The lowest BCUT2D eigenvalue weighted by molar-refractivity contribution is -0.120. The lowest BCUT2D eigenvalue weighted by atomic mass is 10.1. The summed E-state index contributed by atoms with van der Waals surface area (Å²) in [5, 5.41) is 2.08. The van der Waals surface area contributed by atoms with Crippen molar-refractivity contribution in [1.82, 2.24) is 10.2 Å². The number of hydrogen-bond acceptors (Lipinski definition) is 6. The second kappa shape index (κ2) is 8.48. The monoisotopic (exact) mass is 348 g/mol. The zero-order valence-electron chi connectivity index (χ0n) is 14.5. The Hall–Kier alpha value is -2.61. The zero-order chi connectivity index (χ0) is 18.4. The van der Waals surface area contributed by atoms with Crippen LogP contribution in [0.15, 0.2) is 24.3 Å². The topological polar surface area (TPSA) is 105 Å². The molecule has 0 saturated carbocycles. The molecule has 2 rings (SSSR count). The van der Waals surface area contributed by atoms with Crippen molar-refractivity contribution in [2.45, 2.75) is 19.4 Å². The van der Waals surface area contributed by atoms with Crippen molar-refractivity contribution in [2.24, 2.45) is 5.73 Å². The number of urea groups is 1. The molecule has 0 bridgehead atoms. The fourth-order valence-corrected chi connectivity index (χ4v) is 2.93. The number of benzene rings is 1. The van der Waals surface area contributed by atoms with Crippen molar-refractivity contribution in [3.63, 3.8) is 0 Å². The number of carbonyl (C=O) groups is 3. The highest BCUT2D eigenvalue weighted by molar-refractivity contribution is 5.93. The van der Waals surface area contributed by atoms with Crippen molar-refractivity contribution in [2.75, 3.05) is 38.2 Å². The van der Waals surface area contributed by atoms with Gasteiger partial charge < -0.3 is 15.4 Å². The smallest absolute Gasteiger partial charge is 0.337 e. The highest BCUT2D eigenvalue weighted by atomic mass is 16.5. The van der Waals surface area contributed by atoms with E-state index in [1.165, 1.54) is 7.11 Å². The van der Waals surface area contributed by atoms with Crippen molar-refractivity contribution in [1.29, 1.82) is 0 Å². The minimum absolute atomic E-state index is 0.237. The van der Waals surface area contributed by atoms with Gasteiger partial charge in [0.15, 0.2) is 0 Å². The van der Waals surface area contributed by atoms with E-state index in [0.29, 0.717) is 12.1 Å². The van der Waals surface area contributed by atoms with E-state index < -0.39 is 6.03 Å². The van der Waals surface area contributed by atoms with Gasteiger partial charge in [0.25, 0.3) is 0 Å². The van der Waals surface area contributed by atoms with Crippen LogP contribution in [0.4, 0.5) is 10.5 Å². The molecule has 1 aromatic carbocycles. The molecule has 136 valence electrons. The molecule has 0 spiro atoms. The van der Waals surface area contributed by atoms with Gasteiger partial charge in [0.05, 0.1) is 12.7 Å². The van der Waals surface area contributed by atoms with Gasteiger partial charge in [0.2, 0.25) is 5.91 Å². The summed E-state index contributed by atoms with van der Waals surface area (Å²) in [4.78, 5) is 38.1. The molecule has 1 saturated heterocycles. The Kier molecular flexibility index (Phi) is 6.35. The summed E-state index contributed by atoms with van der Waals surface area (Å²) in [5.41, 5.74) is 6.50. The lowest BCUT2D eigenvalue weighted by Crippen LogP contribution is -2.52. The molecule has 8 nitrogen and oxygen atoms in total. The molecule has 3 N–H and O–H groups in total. The Morgan fingerprint density at radius 1 is 1.24 bits per heavy atom. The quantitative estimate of drug-likeness (QED) is 0.754. The molecule has 1 atom stereocenters. The molecule has 0 unspecified atom stereocenters. The summed E-state index contributed by atoms with van der Waals surface area (Å²) in [6.45, 7) is 5.12. The summed E-state index contributed by atoms with van der Waals surface area (Å²) >= 11 is 0. The maximum Gasteiger partial charge on any atom is 0.337 e. The third-order valence-corrected chi connectivity index (χ3v) is 4.31. The first kappa shape index (κ1) is 18.7. The van der Waals surface area contributed by atoms with Crippen LogP contribution in [0.1, 0.15) is 23.7 Å². The SMILES string of the molecule is COC(=O)c1ccc(N2CCN(CCC(=O)NC(N)=O)[C@H](C)C2)cc1. The maximum atomic E-state index is 11.5. The van der Waals surface area contributed by atoms with E-state index >= 15 is 0 Å². The van der Waals surface area contributed by atoms with E-state index in [2.05, 4.69) is 22.0 Å². The summed E-state index contributed by atoms with van der Waals surface area (Å²) in [6, 6.07) is 6.77. The number of esters is 1. The summed E-state index contributed by atoms with van der Waals surface area (Å²) in [6.07, 6.45) is 0.237. The van der Waals surface area contributed by atoms with E-state index in [9.17, 15) is 14.4 Å². The number of ether oxygens (including phenoxy) is 1. The number of hydrogen-bond donors (Lipinski definition) is 2. The van der Waals surface area contributed by atoms with Gasteiger partial charge in [-0.3, -0.25) is 15.0 Å². The normalized spacial score (nSPS) is 17.8. The van der Waals surface area contributed by atoms with Gasteiger partial charge in [-0.2, -0.15) is 0 Å². The van der Waals surface area contributed by atoms with Crippen molar-refractivity contribution in [3.05, 3.63) is 29.8 Å². The van der Waals surface area contributed by atoms with Crippen molar-refractivity contribution >= 4 is 23.6 Å². The van der Waals surface area contributed by atoms with Crippen molar-refractivity contribution in [3.8, 4) is 0 Å². The van der Waals surface area contributed by atoms with E-state index in [1.807, 2.05) is 12.1 Å². The number of nitrogens with two attached hydrogens (primary N) is 1. The van der Waals surface area contributed by atoms with Gasteiger partial charge in [-0.25, -0.2) is 9.59 Å². The Morgan fingerprint density at radius 3 is 2.48 bits per heavy atom. The molecule has 1 aliphatic heterocycles. The molecule has 0 radical (unpaired) electrons. The average molecular weight is 348 g/mol. The number of nitrogens with zero attached hydrogens (tertiary/aromatic N) is 2. The maximum absolute atomic E-state index is 11.5. The van der Waals surface area contributed by atoms with Gasteiger partial charge in [-0.05, 0) is 31.2 Å². The highest BCUT2D eigenvalue weighted by Gasteiger charge is 2.24. The number of methoxy groups -OCH3 is 1. The second-order valence-corrected chi connectivity index (χ2v) is 6.03. The van der Waals surface area contributed by atoms with Gasteiger partial charge in [-0.1, -0.05) is 0 Å². The summed E-state index contributed by atoms with van der Waals surface area (Å²) in [5.74, 6) is -0.709. The first-order chi connectivity index (χ1) is 11.9. The molecule has 1 aromatic rings. The number of anilines is 1. The number of rotatable bonds is 5. The first-order valence-electron chi connectivity index (χ1n) is 8.17. The fraction of sp³-hybridized carbons (Fsp3) is 0.471. The number of nitrogens with one attached hydrogen (secondary N) is 1. The Labute approximate surface area is 146 Å². The number of primary amides is 1. The molecule has 1 aliphatic rings. The van der Waals surface area contributed by atoms with E-state index in [0.717, 1.165) is 25.3 Å². The Morgan fingerprint density at radius 2 is 1.92 bits per heavy atom. The minimum atomic E-state index is -0.821. The summed E-state index contributed by atoms with van der Waals surface area (Å²) in [7, 11) is 1.36. The predicted molar refractivity (Wildman–Crippen MR) is 93.4 cm³/mol. The van der Waals surface area contributed by atoms with Crippen LogP contribution in [-0.4, -0.2) is 62.1 Å². The van der Waals surface area contributed by atoms with Gasteiger partial charge in [0.1, 0.15) is 0 Å². The van der Waals surface area contributed by atoms with Crippen LogP contribution in [0.25, 0.3) is 0 Å². The van der Waals surface area contributed by atoms with E-state index in [-0.39, 0.29) is 24.3 Å². The molecule has 0 aliphatic carbocycles. The molecule has 1 heterocycles. The van der Waals surface area contributed by atoms with Gasteiger partial charge >= 0.3 is 12.0 Å². The van der Waals surface area contributed by atoms with E-state index in [4.69, 9.17) is 10.5 Å². The third-order valence-electron chi connectivity index (χ3n) is 4.31. The second-order valence-electron chi connectivity index (χ2n) is 6.03. The summed E-state index contributed by atoms with van der Waals surface area (Å²) < 4.78 is 4.70. The van der Waals surface area contributed by atoms with Crippen molar-refractivity contribution < 1.29 is 19.1 Å². The van der Waals surface area contributed by atoms with Crippen LogP contribution < -0.4 is 16.0 Å². The Balaban J connectivity index is 1.87. The number of piperazine rings is 1. The number of amides is 3. The van der Waals surface area contributed by atoms with Gasteiger partial charge in [-0.15, -0.1) is 0 Å². The molecular weight excluding hydrogens is 324 g/mol. The third kappa shape index (κ3) is 5.18. The van der Waals surface area contributed by atoms with Crippen LogP contribution >= 0.6 is 0 Å². The first-order valence-corrected chi connectivity index (χ1v) is 8.17. The molecule has 3 amide bonds. The zero-order valence-corrected chi connectivity index (χ0v) is 14.5. The minimum Gasteiger partial charge on any atom is -0.465 e. The van der Waals surface area contributed by atoms with Gasteiger partial charge in [0, 0.05) is 44.3 Å². The number of carbonyl (C=O) groups excluding carboxylic acids is 3. The molecule has 0 aromatic heterocycles. The van der Waals surface area contributed by atoms with Crippen LogP contribution in [0, 0.1) is 0 Å². The lowest BCUT2D eigenvalue weighted by Gasteiger charge is -2.41. The van der Waals surface area contributed by atoms with Crippen LogP contribution in [0.5, 0.6) is 0 Å². The molecule has 25 heavy (non-hydrogen) atoms. The van der Waals surface area contributed by atoms with E-state index in [1.54, 1.807) is 12.1 Å². The molecular formula is C17H24N4O4. The number of imide groups is 1. The van der Waals surface area contributed by atoms with Crippen LogP contribution in [0.3, 0.4) is 0 Å². The fourth-order valence-electron chi connectivity index (χ4n) is 2.93. The molecule has 8 heteroatoms.